The fraction of sp³-hybridized carbons (Fsp3) is 0.536. The minimum Gasteiger partial charge on any atom is -0.492 e. The number of likely N-dealkylation sites (tertiary alicyclic amines) is 1. The summed E-state index contributed by atoms with van der Waals surface area (Å²) in [6.45, 7) is 8.52. The van der Waals surface area contributed by atoms with E-state index < -0.39 is 0 Å². The minimum absolute atomic E-state index is 0.0188. The van der Waals surface area contributed by atoms with E-state index in [9.17, 15) is 4.79 Å². The predicted molar refractivity (Wildman–Crippen MR) is 144 cm³/mol. The molecule has 1 saturated carbocycles. The molecule has 37 heavy (non-hydrogen) atoms. The maximum absolute atomic E-state index is 13.3. The number of methoxy groups -OCH3 is 2. The lowest BCUT2D eigenvalue weighted by molar-refractivity contribution is -0.0591. The van der Waals surface area contributed by atoms with E-state index in [0.29, 0.717) is 23.5 Å². The molecule has 6 rings (SSSR count). The molecule has 9 nitrogen and oxygen atoms in total. The molecule has 2 fully saturated rings. The number of nitrogens with zero attached hydrogens (tertiary/aromatic N) is 5. The summed E-state index contributed by atoms with van der Waals surface area (Å²) in [5, 5.41) is 4.36. The largest absolute Gasteiger partial charge is 0.492 e. The van der Waals surface area contributed by atoms with Gasteiger partial charge in [-0.05, 0) is 61.8 Å². The van der Waals surface area contributed by atoms with E-state index in [-0.39, 0.29) is 17.6 Å². The van der Waals surface area contributed by atoms with E-state index in [1.807, 2.05) is 10.8 Å². The Morgan fingerprint density at radius 2 is 1.78 bits per heavy atom. The summed E-state index contributed by atoms with van der Waals surface area (Å²) in [6.07, 6.45) is 8.20. The van der Waals surface area contributed by atoms with E-state index >= 15 is 0 Å². The number of fused-ring (bicyclic) bond motifs is 2. The molecule has 2 aliphatic rings. The van der Waals surface area contributed by atoms with Crippen LogP contribution in [0.5, 0.6) is 5.75 Å². The first-order chi connectivity index (χ1) is 17.9. The van der Waals surface area contributed by atoms with Gasteiger partial charge in [0.25, 0.3) is 0 Å². The van der Waals surface area contributed by atoms with E-state index in [1.165, 1.54) is 11.9 Å². The summed E-state index contributed by atoms with van der Waals surface area (Å²) in [5.41, 5.74) is 6.86. The monoisotopic (exact) mass is 504 g/mol. The van der Waals surface area contributed by atoms with Crippen molar-refractivity contribution in [3.05, 3.63) is 46.3 Å². The molecule has 0 bridgehead atoms. The Bertz CT molecular complexity index is 1500. The van der Waals surface area contributed by atoms with Crippen molar-refractivity contribution in [3.63, 3.8) is 0 Å². The van der Waals surface area contributed by atoms with Crippen LogP contribution in [0.2, 0.25) is 0 Å². The summed E-state index contributed by atoms with van der Waals surface area (Å²) in [4.78, 5) is 23.3. The lowest BCUT2D eigenvalue weighted by Crippen LogP contribution is -2.56. The van der Waals surface area contributed by atoms with Crippen LogP contribution < -0.4 is 10.4 Å². The molecule has 0 amide bonds. The van der Waals surface area contributed by atoms with E-state index in [4.69, 9.17) is 9.47 Å². The van der Waals surface area contributed by atoms with Crippen molar-refractivity contribution >= 4 is 16.7 Å². The average Bonchev–Trinajstić information content (AvgIpc) is 3.45. The number of benzene rings is 1. The van der Waals surface area contributed by atoms with Crippen LogP contribution in [-0.4, -0.2) is 68.5 Å². The molecule has 0 atom stereocenters. The molecule has 1 N–H and O–H groups in total. The zero-order chi connectivity index (χ0) is 25.8. The number of aromatic nitrogens is 5. The second-order valence-electron chi connectivity index (χ2n) is 10.9. The van der Waals surface area contributed by atoms with Crippen molar-refractivity contribution in [1.29, 1.82) is 0 Å². The van der Waals surface area contributed by atoms with Crippen LogP contribution in [0.25, 0.3) is 27.8 Å². The highest BCUT2D eigenvalue weighted by molar-refractivity contribution is 5.87. The number of rotatable bonds is 6. The van der Waals surface area contributed by atoms with Crippen molar-refractivity contribution in [2.45, 2.75) is 70.6 Å². The Balaban J connectivity index is 1.38. The van der Waals surface area contributed by atoms with Gasteiger partial charge in [0, 0.05) is 49.6 Å². The first-order valence-electron chi connectivity index (χ1n) is 13.3. The number of ether oxygens (including phenoxy) is 2. The Hall–Kier alpha value is -3.17. The van der Waals surface area contributed by atoms with Gasteiger partial charge in [0.05, 0.1) is 24.2 Å². The summed E-state index contributed by atoms with van der Waals surface area (Å²) in [6, 6.07) is 5.17. The van der Waals surface area contributed by atoms with Crippen LogP contribution in [0.3, 0.4) is 0 Å². The van der Waals surface area contributed by atoms with Crippen LogP contribution in [0.15, 0.2) is 29.5 Å². The summed E-state index contributed by atoms with van der Waals surface area (Å²) >= 11 is 0. The van der Waals surface area contributed by atoms with Gasteiger partial charge in [-0.25, -0.2) is 14.3 Å². The first-order valence-corrected chi connectivity index (χ1v) is 13.3. The molecule has 9 heteroatoms. The highest BCUT2D eigenvalue weighted by Gasteiger charge is 2.35. The molecular weight excluding hydrogens is 468 g/mol. The maximum atomic E-state index is 13.3. The lowest BCUT2D eigenvalue weighted by Gasteiger charge is -2.46. The number of hydrogen-bond donors (Lipinski definition) is 1. The number of H-pyrrole nitrogens is 1. The van der Waals surface area contributed by atoms with Crippen molar-refractivity contribution in [2.24, 2.45) is 0 Å². The van der Waals surface area contributed by atoms with Crippen molar-refractivity contribution in [3.8, 4) is 16.9 Å². The number of imidazole rings is 1. The molecule has 0 unspecified atom stereocenters. The molecule has 1 aliphatic heterocycles. The lowest BCUT2D eigenvalue weighted by atomic mass is 9.87. The van der Waals surface area contributed by atoms with Crippen LogP contribution in [0.1, 0.15) is 62.6 Å². The summed E-state index contributed by atoms with van der Waals surface area (Å²) in [7, 11) is 3.46. The first kappa shape index (κ1) is 24.2. The van der Waals surface area contributed by atoms with Gasteiger partial charge in [-0.2, -0.15) is 5.10 Å². The van der Waals surface area contributed by atoms with Gasteiger partial charge in [-0.3, -0.25) is 9.47 Å². The third-order valence-electron chi connectivity index (χ3n) is 8.53. The van der Waals surface area contributed by atoms with E-state index in [0.717, 1.165) is 66.5 Å². The molecule has 4 aromatic rings. The van der Waals surface area contributed by atoms with Gasteiger partial charge < -0.3 is 14.5 Å². The number of nitrogens with one attached hydrogen (secondary N) is 1. The smallest absolute Gasteiger partial charge is 0.326 e. The quantitative estimate of drug-likeness (QED) is 0.421. The molecule has 4 heterocycles. The van der Waals surface area contributed by atoms with Crippen molar-refractivity contribution in [2.75, 3.05) is 27.3 Å². The van der Waals surface area contributed by atoms with Gasteiger partial charge in [0.2, 0.25) is 0 Å². The van der Waals surface area contributed by atoms with E-state index in [2.05, 4.69) is 52.9 Å². The molecule has 3 aromatic heterocycles. The zero-order valence-electron chi connectivity index (χ0n) is 22.3. The van der Waals surface area contributed by atoms with Gasteiger partial charge in [-0.1, -0.05) is 13.8 Å². The third-order valence-corrected chi connectivity index (χ3v) is 8.53. The van der Waals surface area contributed by atoms with Crippen molar-refractivity contribution < 1.29 is 9.47 Å². The van der Waals surface area contributed by atoms with Gasteiger partial charge >= 0.3 is 5.69 Å². The number of aromatic amines is 1. The Morgan fingerprint density at radius 3 is 2.46 bits per heavy atom. The normalized spacial score (nSPS) is 21.2. The van der Waals surface area contributed by atoms with Gasteiger partial charge in [0.1, 0.15) is 6.33 Å². The van der Waals surface area contributed by atoms with Crippen LogP contribution in [-0.2, 0) is 4.74 Å². The molecule has 196 valence electrons. The molecular formula is C28H36N6O3. The topological polar surface area (TPSA) is 89.7 Å². The Morgan fingerprint density at radius 1 is 1.05 bits per heavy atom. The van der Waals surface area contributed by atoms with Crippen LogP contribution in [0.4, 0.5) is 0 Å². The third kappa shape index (κ3) is 3.95. The molecule has 0 spiro atoms. The summed E-state index contributed by atoms with van der Waals surface area (Å²) < 4.78 is 15.0. The molecule has 0 radical (unpaired) electrons. The predicted octanol–water partition coefficient (Wildman–Crippen LogP) is 4.29. The average molecular weight is 505 g/mol. The molecule has 1 aromatic carbocycles. The highest BCUT2D eigenvalue weighted by atomic mass is 16.5. The second kappa shape index (κ2) is 9.29. The fourth-order valence-corrected chi connectivity index (χ4v) is 6.39. The Labute approximate surface area is 216 Å². The van der Waals surface area contributed by atoms with Gasteiger partial charge in [-0.15, -0.1) is 0 Å². The number of hydrogen-bond acceptors (Lipinski definition) is 6. The fourth-order valence-electron chi connectivity index (χ4n) is 6.39. The number of pyridine rings is 1. The molecule has 1 saturated heterocycles. The van der Waals surface area contributed by atoms with Crippen molar-refractivity contribution in [1.82, 2.24) is 29.0 Å². The SMILES string of the molecule is COc1c(C)c(-c2cc3[nH]c(=O)n(C4CCC(N5CC(OC)C5)CC4)c3cc2C(C)C)cn2ncnc12. The Kier molecular flexibility index (Phi) is 6.07. The van der Waals surface area contributed by atoms with Gasteiger partial charge in [0.15, 0.2) is 11.4 Å². The van der Waals surface area contributed by atoms with Crippen LogP contribution >= 0.6 is 0 Å². The van der Waals surface area contributed by atoms with E-state index in [1.54, 1.807) is 18.7 Å². The maximum Gasteiger partial charge on any atom is 0.326 e. The standard InChI is InChI=1S/C28H36N6O3/c1-16(2)21-11-25-24(10-22(21)23-14-33-27(29-15-30-33)26(37-5)17(23)3)31-28(35)34(25)19-8-6-18(7-9-19)32-12-20(13-32)36-4/h10-11,14-16,18-20H,6-9,12-13H2,1-5H3,(H,31,35). The minimum atomic E-state index is -0.0188. The second-order valence-corrected chi connectivity index (χ2v) is 10.9. The van der Waals surface area contributed by atoms with Crippen LogP contribution in [0, 0.1) is 6.92 Å². The summed E-state index contributed by atoms with van der Waals surface area (Å²) in [5.74, 6) is 0.984. The highest BCUT2D eigenvalue weighted by Crippen LogP contribution is 2.40. The zero-order valence-corrected chi connectivity index (χ0v) is 22.3. The molecule has 1 aliphatic carbocycles.